The predicted molar refractivity (Wildman–Crippen MR) is 107 cm³/mol. The van der Waals surface area contributed by atoms with Gasteiger partial charge < -0.3 is 19.3 Å². The summed E-state index contributed by atoms with van der Waals surface area (Å²) in [5.74, 6) is 0.724. The summed E-state index contributed by atoms with van der Waals surface area (Å²) >= 11 is 0. The van der Waals surface area contributed by atoms with Gasteiger partial charge in [0.05, 0.1) is 5.56 Å². The number of nitrogens with one attached hydrogen (secondary N) is 1. The number of nitrogens with zero attached hydrogens (tertiary/aromatic N) is 4. The minimum absolute atomic E-state index is 0.107. The lowest BCUT2D eigenvalue weighted by atomic mass is 10.1. The van der Waals surface area contributed by atoms with E-state index in [4.69, 9.17) is 14.0 Å². The number of carbonyl (C=O) groups excluding carboxylic acids is 1. The number of pyridine rings is 1. The van der Waals surface area contributed by atoms with E-state index in [0.717, 1.165) is 29.7 Å². The van der Waals surface area contributed by atoms with Crippen molar-refractivity contribution in [2.75, 3.05) is 13.2 Å². The molecule has 1 saturated heterocycles. The average Bonchev–Trinajstić information content (AvgIpc) is 3.14. The molecular weight excluding hydrogens is 386 g/mol. The fourth-order valence-corrected chi connectivity index (χ4v) is 3.16. The lowest BCUT2D eigenvalue weighted by Crippen LogP contribution is -2.39. The number of aromatic nitrogens is 4. The second kappa shape index (κ2) is 9.00. The number of aryl methyl sites for hydroxylation is 2. The average molecular weight is 409 g/mol. The summed E-state index contributed by atoms with van der Waals surface area (Å²) in [5.41, 5.74) is 3.51. The molecule has 4 rings (SSSR count). The van der Waals surface area contributed by atoms with Crippen molar-refractivity contribution in [3.8, 4) is 17.1 Å². The standard InChI is InChI=1S/C21H23N5O4/c1-13-3-4-15(11-22-13)20-17(14(2)30-26-20)12-29-19-6-5-18(24-25-19)21(27)23-16-7-9-28-10-8-16/h3-6,11,16H,7-10,12H2,1-2H3,(H,23,27). The van der Waals surface area contributed by atoms with E-state index in [0.29, 0.717) is 30.5 Å². The van der Waals surface area contributed by atoms with E-state index in [1.807, 2.05) is 26.0 Å². The van der Waals surface area contributed by atoms with Gasteiger partial charge in [0.15, 0.2) is 5.69 Å². The van der Waals surface area contributed by atoms with Gasteiger partial charge in [-0.2, -0.15) is 0 Å². The SMILES string of the molecule is Cc1ccc(-c2noc(C)c2COc2ccc(C(=O)NC3CCOCC3)nn2)cn1. The Balaban J connectivity index is 1.39. The van der Waals surface area contributed by atoms with Crippen LogP contribution in [0, 0.1) is 13.8 Å². The maximum Gasteiger partial charge on any atom is 0.272 e. The van der Waals surface area contributed by atoms with Crippen LogP contribution in [0.4, 0.5) is 0 Å². The van der Waals surface area contributed by atoms with Crippen molar-refractivity contribution in [1.29, 1.82) is 0 Å². The molecule has 3 aromatic rings. The zero-order valence-corrected chi connectivity index (χ0v) is 16.9. The van der Waals surface area contributed by atoms with Gasteiger partial charge in [0.2, 0.25) is 5.88 Å². The first kappa shape index (κ1) is 20.0. The van der Waals surface area contributed by atoms with Crippen molar-refractivity contribution in [2.45, 2.75) is 39.3 Å². The lowest BCUT2D eigenvalue weighted by Gasteiger charge is -2.22. The van der Waals surface area contributed by atoms with Crippen LogP contribution in [0.5, 0.6) is 5.88 Å². The number of ether oxygens (including phenoxy) is 2. The van der Waals surface area contributed by atoms with Gasteiger partial charge in [-0.15, -0.1) is 10.2 Å². The third-order valence-corrected chi connectivity index (χ3v) is 4.96. The highest BCUT2D eigenvalue weighted by Crippen LogP contribution is 2.26. The first-order valence-corrected chi connectivity index (χ1v) is 9.83. The Morgan fingerprint density at radius 2 is 2.00 bits per heavy atom. The smallest absolute Gasteiger partial charge is 0.272 e. The Kier molecular flexibility index (Phi) is 5.99. The first-order valence-electron chi connectivity index (χ1n) is 9.83. The van der Waals surface area contributed by atoms with Gasteiger partial charge >= 0.3 is 0 Å². The third kappa shape index (κ3) is 4.62. The molecule has 0 spiro atoms. The molecule has 4 heterocycles. The van der Waals surface area contributed by atoms with Gasteiger partial charge in [0, 0.05) is 42.8 Å². The van der Waals surface area contributed by atoms with E-state index in [1.165, 1.54) is 0 Å². The first-order chi connectivity index (χ1) is 14.6. The molecule has 0 unspecified atom stereocenters. The van der Waals surface area contributed by atoms with E-state index in [9.17, 15) is 4.79 Å². The molecule has 9 nitrogen and oxygen atoms in total. The predicted octanol–water partition coefficient (Wildman–Crippen LogP) is 2.63. The number of hydrogen-bond acceptors (Lipinski definition) is 8. The minimum atomic E-state index is -0.245. The van der Waals surface area contributed by atoms with Gasteiger partial charge in [0.25, 0.3) is 5.91 Å². The van der Waals surface area contributed by atoms with E-state index in [1.54, 1.807) is 18.3 Å². The zero-order chi connectivity index (χ0) is 20.9. The molecule has 0 radical (unpaired) electrons. The van der Waals surface area contributed by atoms with Crippen molar-refractivity contribution in [3.05, 3.63) is 53.2 Å². The summed E-state index contributed by atoms with van der Waals surface area (Å²) in [4.78, 5) is 16.6. The second-order valence-corrected chi connectivity index (χ2v) is 7.16. The van der Waals surface area contributed by atoms with Gasteiger partial charge in [-0.1, -0.05) is 5.16 Å². The highest BCUT2D eigenvalue weighted by molar-refractivity contribution is 5.92. The van der Waals surface area contributed by atoms with E-state index in [2.05, 4.69) is 25.7 Å². The Labute approximate surface area is 173 Å². The third-order valence-electron chi connectivity index (χ3n) is 4.96. The Hall–Kier alpha value is -3.33. The lowest BCUT2D eigenvalue weighted by molar-refractivity contribution is 0.0693. The van der Waals surface area contributed by atoms with E-state index < -0.39 is 0 Å². The Morgan fingerprint density at radius 1 is 1.17 bits per heavy atom. The zero-order valence-electron chi connectivity index (χ0n) is 16.9. The molecule has 1 fully saturated rings. The van der Waals surface area contributed by atoms with Gasteiger partial charge in [-0.3, -0.25) is 9.78 Å². The molecule has 1 aliphatic heterocycles. The van der Waals surface area contributed by atoms with Crippen LogP contribution >= 0.6 is 0 Å². The topological polar surface area (TPSA) is 112 Å². The van der Waals surface area contributed by atoms with Gasteiger partial charge in [-0.05, 0) is 44.9 Å². The number of rotatable bonds is 6. The minimum Gasteiger partial charge on any atom is -0.472 e. The molecule has 3 aromatic heterocycles. The van der Waals surface area contributed by atoms with Crippen LogP contribution in [-0.4, -0.2) is 45.5 Å². The molecule has 0 aliphatic carbocycles. The molecule has 1 aliphatic rings. The molecule has 9 heteroatoms. The van der Waals surface area contributed by atoms with Crippen LogP contribution in [0.2, 0.25) is 0 Å². The van der Waals surface area contributed by atoms with Crippen molar-refractivity contribution < 1.29 is 18.8 Å². The summed E-state index contributed by atoms with van der Waals surface area (Å²) in [5, 5.41) is 15.1. The summed E-state index contributed by atoms with van der Waals surface area (Å²) < 4.78 is 16.4. The van der Waals surface area contributed by atoms with Crippen molar-refractivity contribution in [1.82, 2.24) is 25.7 Å². The quantitative estimate of drug-likeness (QED) is 0.661. The fourth-order valence-electron chi connectivity index (χ4n) is 3.16. The van der Waals surface area contributed by atoms with Crippen LogP contribution in [-0.2, 0) is 11.3 Å². The molecule has 0 atom stereocenters. The molecule has 30 heavy (non-hydrogen) atoms. The fraction of sp³-hybridized carbons (Fsp3) is 0.381. The van der Waals surface area contributed by atoms with Crippen LogP contribution in [0.25, 0.3) is 11.3 Å². The number of carbonyl (C=O) groups is 1. The molecule has 0 bridgehead atoms. The molecule has 0 aromatic carbocycles. The van der Waals surface area contributed by atoms with Crippen LogP contribution < -0.4 is 10.1 Å². The van der Waals surface area contributed by atoms with E-state index >= 15 is 0 Å². The normalized spacial score (nSPS) is 14.5. The van der Waals surface area contributed by atoms with E-state index in [-0.39, 0.29) is 24.2 Å². The van der Waals surface area contributed by atoms with Gasteiger partial charge in [0.1, 0.15) is 18.1 Å². The monoisotopic (exact) mass is 409 g/mol. The molecule has 156 valence electrons. The second-order valence-electron chi connectivity index (χ2n) is 7.16. The summed E-state index contributed by atoms with van der Waals surface area (Å²) in [6.07, 6.45) is 3.36. The number of hydrogen-bond donors (Lipinski definition) is 1. The molecule has 0 saturated carbocycles. The van der Waals surface area contributed by atoms with Crippen LogP contribution in [0.15, 0.2) is 35.0 Å². The summed E-state index contributed by atoms with van der Waals surface area (Å²) in [6, 6.07) is 7.19. The van der Waals surface area contributed by atoms with Gasteiger partial charge in [-0.25, -0.2) is 0 Å². The maximum atomic E-state index is 12.3. The Bertz CT molecular complexity index is 995. The highest BCUT2D eigenvalue weighted by Gasteiger charge is 2.19. The van der Waals surface area contributed by atoms with Crippen LogP contribution in [0.3, 0.4) is 0 Å². The maximum absolute atomic E-state index is 12.3. The molecular formula is C21H23N5O4. The number of amides is 1. The van der Waals surface area contributed by atoms with Crippen molar-refractivity contribution in [2.24, 2.45) is 0 Å². The largest absolute Gasteiger partial charge is 0.472 e. The Morgan fingerprint density at radius 3 is 2.70 bits per heavy atom. The summed E-state index contributed by atoms with van der Waals surface area (Å²) in [6.45, 7) is 5.28. The van der Waals surface area contributed by atoms with Crippen molar-refractivity contribution in [3.63, 3.8) is 0 Å². The molecule has 1 N–H and O–H groups in total. The van der Waals surface area contributed by atoms with Crippen molar-refractivity contribution >= 4 is 5.91 Å². The van der Waals surface area contributed by atoms with Crippen LogP contribution in [0.1, 0.15) is 40.3 Å². The molecule has 1 amide bonds. The summed E-state index contributed by atoms with van der Waals surface area (Å²) in [7, 11) is 0. The highest BCUT2D eigenvalue weighted by atomic mass is 16.5.